The molecule has 0 saturated heterocycles. The highest BCUT2D eigenvalue weighted by Crippen LogP contribution is 2.28. The fraction of sp³-hybridized carbons (Fsp3) is 0.200. The van der Waals surface area contributed by atoms with Gasteiger partial charge in [-0.2, -0.15) is 5.26 Å². The molecule has 7 heteroatoms. The molecule has 0 heterocycles. The van der Waals surface area contributed by atoms with Crippen LogP contribution in [0.4, 0.5) is 18.9 Å². The largest absolute Gasteiger partial charge is 0.517 e. The molecule has 0 fully saturated rings. The predicted octanol–water partition coefficient (Wildman–Crippen LogP) is 2.36. The summed E-state index contributed by atoms with van der Waals surface area (Å²) in [7, 11) is 0. The van der Waals surface area contributed by atoms with Gasteiger partial charge in [0, 0.05) is 6.92 Å². The molecule has 0 bridgehead atoms. The summed E-state index contributed by atoms with van der Waals surface area (Å²) in [4.78, 5) is 14.6. The number of carbonyl (C=O) groups is 1. The molecule has 0 saturated carbocycles. The highest BCUT2D eigenvalue weighted by Gasteiger charge is 2.41. The minimum Gasteiger partial charge on any atom is -0.333 e. The third-order valence-electron chi connectivity index (χ3n) is 1.68. The number of carbonyl (C=O) groups excluding carboxylic acids is 1. The topological polar surface area (TPSA) is 53.3 Å². The summed E-state index contributed by atoms with van der Waals surface area (Å²) in [5.74, 6) is -1.09. The lowest BCUT2D eigenvalue weighted by molar-refractivity contribution is -0.197. The number of hydrogen-bond donors (Lipinski definition) is 0. The molecule has 1 rings (SSSR count). The second-order valence-corrected chi connectivity index (χ2v) is 3.00. The summed E-state index contributed by atoms with van der Waals surface area (Å²) in [5.41, 5.74) is -0.176. The Bertz CT molecular complexity index is 448. The number of anilines is 1. The Morgan fingerprint density at radius 3 is 2.24 bits per heavy atom. The van der Waals surface area contributed by atoms with Gasteiger partial charge in [-0.25, -0.2) is 0 Å². The molecule has 17 heavy (non-hydrogen) atoms. The number of benzene rings is 1. The van der Waals surface area contributed by atoms with E-state index in [1.165, 1.54) is 12.1 Å². The molecular formula is C10H7F3N2O2. The Labute approximate surface area is 94.8 Å². The molecule has 0 aliphatic carbocycles. The number of rotatable bonds is 2. The average molecular weight is 244 g/mol. The molecule has 0 amide bonds. The monoisotopic (exact) mass is 244 g/mol. The van der Waals surface area contributed by atoms with Crippen molar-refractivity contribution in [3.05, 3.63) is 29.8 Å². The molecule has 0 aliphatic heterocycles. The lowest BCUT2D eigenvalue weighted by Gasteiger charge is -2.24. The number of hydrogen-bond acceptors (Lipinski definition) is 4. The molecule has 0 atom stereocenters. The maximum Gasteiger partial charge on any atom is 0.517 e. The molecule has 0 aromatic heterocycles. The first-order valence-corrected chi connectivity index (χ1v) is 4.40. The van der Waals surface area contributed by atoms with Gasteiger partial charge in [-0.3, -0.25) is 4.79 Å². The zero-order chi connectivity index (χ0) is 13.1. The van der Waals surface area contributed by atoms with Crippen LogP contribution in [0.3, 0.4) is 0 Å². The van der Waals surface area contributed by atoms with Gasteiger partial charge < -0.3 is 4.84 Å². The van der Waals surface area contributed by atoms with E-state index in [0.29, 0.717) is 0 Å². The lowest BCUT2D eigenvalue weighted by Crippen LogP contribution is -2.39. The number of nitrogens with zero attached hydrogens (tertiary/aromatic N) is 2. The second-order valence-electron chi connectivity index (χ2n) is 3.00. The van der Waals surface area contributed by atoms with Gasteiger partial charge in [0.05, 0.1) is 17.3 Å². The Hall–Kier alpha value is -2.23. The average Bonchev–Trinajstić information content (AvgIpc) is 2.24. The summed E-state index contributed by atoms with van der Waals surface area (Å²) in [6.07, 6.45) is -4.85. The van der Waals surface area contributed by atoms with Gasteiger partial charge in [-0.15, -0.1) is 18.2 Å². The first-order valence-electron chi connectivity index (χ1n) is 4.40. The van der Waals surface area contributed by atoms with Crippen molar-refractivity contribution in [3.63, 3.8) is 0 Å². The van der Waals surface area contributed by atoms with Crippen LogP contribution in [0.1, 0.15) is 12.5 Å². The Balaban J connectivity index is 3.05. The van der Waals surface area contributed by atoms with E-state index in [4.69, 9.17) is 5.26 Å². The molecule has 0 N–H and O–H groups in total. The molecule has 4 nitrogen and oxygen atoms in total. The van der Waals surface area contributed by atoms with Crippen molar-refractivity contribution in [1.82, 2.24) is 0 Å². The molecule has 1 aromatic rings. The van der Waals surface area contributed by atoms with Crippen molar-refractivity contribution in [2.24, 2.45) is 0 Å². The second kappa shape index (κ2) is 4.74. The van der Waals surface area contributed by atoms with Gasteiger partial charge in [0.25, 0.3) is 0 Å². The van der Waals surface area contributed by atoms with Crippen LogP contribution in [-0.4, -0.2) is 12.3 Å². The van der Waals surface area contributed by atoms with Gasteiger partial charge in [0.2, 0.25) is 0 Å². The van der Waals surface area contributed by atoms with E-state index in [0.717, 1.165) is 19.1 Å². The highest BCUT2D eigenvalue weighted by molar-refractivity contribution is 5.68. The number of hydroxylamine groups is 1. The van der Waals surface area contributed by atoms with Crippen molar-refractivity contribution in [1.29, 1.82) is 5.26 Å². The Morgan fingerprint density at radius 2 is 1.88 bits per heavy atom. The van der Waals surface area contributed by atoms with Gasteiger partial charge in [-0.05, 0) is 24.3 Å². The van der Waals surface area contributed by atoms with Crippen LogP contribution in [0, 0.1) is 11.3 Å². The molecule has 0 radical (unpaired) electrons. The van der Waals surface area contributed by atoms with E-state index in [1.54, 1.807) is 6.07 Å². The summed E-state index contributed by atoms with van der Waals surface area (Å²) in [6.45, 7) is 0.863. The molecule has 90 valence electrons. The van der Waals surface area contributed by atoms with Crippen molar-refractivity contribution in [2.45, 2.75) is 13.2 Å². The Kier molecular flexibility index (Phi) is 3.58. The first kappa shape index (κ1) is 12.8. The smallest absolute Gasteiger partial charge is 0.333 e. The SMILES string of the molecule is CC(=O)ON(c1ccc(C#N)cc1)C(F)(F)F. The molecule has 0 aliphatic rings. The summed E-state index contributed by atoms with van der Waals surface area (Å²) >= 11 is 0. The van der Waals surface area contributed by atoms with E-state index in [-0.39, 0.29) is 11.3 Å². The third-order valence-corrected chi connectivity index (χ3v) is 1.68. The quantitative estimate of drug-likeness (QED) is 0.592. The fourth-order valence-corrected chi connectivity index (χ4v) is 1.05. The first-order chi connectivity index (χ1) is 7.84. The van der Waals surface area contributed by atoms with E-state index < -0.39 is 17.3 Å². The Morgan fingerprint density at radius 1 is 1.35 bits per heavy atom. The van der Waals surface area contributed by atoms with E-state index >= 15 is 0 Å². The van der Waals surface area contributed by atoms with Crippen LogP contribution >= 0.6 is 0 Å². The minimum absolute atomic E-state index is 0.207. The predicted molar refractivity (Wildman–Crippen MR) is 51.5 cm³/mol. The van der Waals surface area contributed by atoms with Crippen LogP contribution in [0.25, 0.3) is 0 Å². The molecule has 0 unspecified atom stereocenters. The fourth-order valence-electron chi connectivity index (χ4n) is 1.05. The standard InChI is InChI=1S/C10H7F3N2O2/c1-7(16)17-15(10(11,12)13)9-4-2-8(6-14)3-5-9/h2-5H,1H3. The number of alkyl halides is 3. The van der Waals surface area contributed by atoms with Crippen LogP contribution in [0.15, 0.2) is 24.3 Å². The van der Waals surface area contributed by atoms with Crippen LogP contribution in [0.5, 0.6) is 0 Å². The zero-order valence-corrected chi connectivity index (χ0v) is 8.65. The van der Waals surface area contributed by atoms with Gasteiger partial charge in [-0.1, -0.05) is 0 Å². The number of nitriles is 1. The van der Waals surface area contributed by atoms with Crippen molar-refractivity contribution in [3.8, 4) is 6.07 Å². The lowest BCUT2D eigenvalue weighted by atomic mass is 10.2. The highest BCUT2D eigenvalue weighted by atomic mass is 19.4. The van der Waals surface area contributed by atoms with Crippen molar-refractivity contribution < 1.29 is 22.8 Å². The van der Waals surface area contributed by atoms with Gasteiger partial charge in [0.15, 0.2) is 0 Å². The van der Waals surface area contributed by atoms with Gasteiger partial charge in [0.1, 0.15) is 0 Å². The summed E-state index contributed by atoms with van der Waals surface area (Å²) in [6, 6.07) is 6.22. The normalized spacial score (nSPS) is 10.5. The van der Waals surface area contributed by atoms with Crippen LogP contribution in [-0.2, 0) is 9.63 Å². The maximum absolute atomic E-state index is 12.5. The molecule has 1 aromatic carbocycles. The van der Waals surface area contributed by atoms with Crippen molar-refractivity contribution in [2.75, 3.05) is 5.06 Å². The van der Waals surface area contributed by atoms with E-state index in [2.05, 4.69) is 4.84 Å². The van der Waals surface area contributed by atoms with E-state index in [1.807, 2.05) is 0 Å². The van der Waals surface area contributed by atoms with Crippen molar-refractivity contribution >= 4 is 11.7 Å². The van der Waals surface area contributed by atoms with Gasteiger partial charge >= 0.3 is 12.3 Å². The van der Waals surface area contributed by atoms with E-state index in [9.17, 15) is 18.0 Å². The number of halogens is 3. The third kappa shape index (κ3) is 3.38. The zero-order valence-electron chi connectivity index (χ0n) is 8.65. The molecule has 0 spiro atoms. The van der Waals surface area contributed by atoms with Crippen LogP contribution < -0.4 is 5.06 Å². The van der Waals surface area contributed by atoms with Crippen LogP contribution in [0.2, 0.25) is 0 Å². The summed E-state index contributed by atoms with van der Waals surface area (Å²) in [5, 5.41) is 8.04. The maximum atomic E-state index is 12.5. The minimum atomic E-state index is -4.85. The summed E-state index contributed by atoms with van der Waals surface area (Å²) < 4.78 is 37.6. The molecular weight excluding hydrogens is 237 g/mol.